The van der Waals surface area contributed by atoms with E-state index in [0.29, 0.717) is 19.5 Å². The molecule has 0 saturated heterocycles. The number of benzene rings is 1. The number of carbonyl (C=O) groups is 1. The zero-order chi connectivity index (χ0) is 10.4. The van der Waals surface area contributed by atoms with Gasteiger partial charge in [-0.2, -0.15) is 0 Å². The number of nitrogens with two attached hydrogens (primary N) is 1. The van der Waals surface area contributed by atoms with Crippen molar-refractivity contribution in [1.29, 1.82) is 0 Å². The normalized spacial score (nSPS) is 9.86. The van der Waals surface area contributed by atoms with Crippen LogP contribution in [0.5, 0.6) is 0 Å². The summed E-state index contributed by atoms with van der Waals surface area (Å²) in [6.07, 6.45) is 0.410. The average Bonchev–Trinajstić information content (AvgIpc) is 2.18. The molecule has 76 valence electrons. The maximum atomic E-state index is 11.3. The van der Waals surface area contributed by atoms with Crippen LogP contribution in [-0.4, -0.2) is 19.0 Å². The third kappa shape index (κ3) is 3.89. The second-order valence-corrected chi connectivity index (χ2v) is 3.86. The van der Waals surface area contributed by atoms with E-state index in [1.165, 1.54) is 0 Å². The maximum Gasteiger partial charge on any atom is 0.224 e. The zero-order valence-corrected chi connectivity index (χ0v) is 9.38. The van der Waals surface area contributed by atoms with Crippen LogP contribution in [0.2, 0.25) is 0 Å². The smallest absolute Gasteiger partial charge is 0.224 e. The van der Waals surface area contributed by atoms with Crippen LogP contribution in [0.25, 0.3) is 0 Å². The molecule has 3 nitrogen and oxygen atoms in total. The Morgan fingerprint density at radius 3 is 2.57 bits per heavy atom. The van der Waals surface area contributed by atoms with Crippen molar-refractivity contribution in [3.63, 3.8) is 0 Å². The molecule has 0 aliphatic carbocycles. The van der Waals surface area contributed by atoms with Crippen LogP contribution in [0.4, 0.5) is 0 Å². The molecular formula is C10H13BrN2O. The summed E-state index contributed by atoms with van der Waals surface area (Å²) in [5.41, 5.74) is 6.27. The standard InChI is InChI=1S/C10H13BrN2O/c11-9-3-1-8(2-4-9)7-10(14)13-6-5-12/h1-4H,5-7,12H2,(H,13,14). The molecule has 0 aliphatic heterocycles. The highest BCUT2D eigenvalue weighted by Gasteiger charge is 2.01. The van der Waals surface area contributed by atoms with Crippen molar-refractivity contribution >= 4 is 21.8 Å². The summed E-state index contributed by atoms with van der Waals surface area (Å²) in [4.78, 5) is 11.3. The number of hydrogen-bond donors (Lipinski definition) is 2. The Morgan fingerprint density at radius 2 is 2.00 bits per heavy atom. The van der Waals surface area contributed by atoms with Crippen molar-refractivity contribution in [1.82, 2.24) is 5.32 Å². The Hall–Kier alpha value is -0.870. The summed E-state index contributed by atoms with van der Waals surface area (Å²) in [6, 6.07) is 7.69. The van der Waals surface area contributed by atoms with E-state index in [1.807, 2.05) is 24.3 Å². The molecule has 1 amide bonds. The van der Waals surface area contributed by atoms with Crippen LogP contribution in [0.3, 0.4) is 0 Å². The molecule has 1 rings (SSSR count). The number of hydrogen-bond acceptors (Lipinski definition) is 2. The molecule has 0 unspecified atom stereocenters. The van der Waals surface area contributed by atoms with Gasteiger partial charge >= 0.3 is 0 Å². The van der Waals surface area contributed by atoms with E-state index in [0.717, 1.165) is 10.0 Å². The molecule has 1 aromatic rings. The fourth-order valence-corrected chi connectivity index (χ4v) is 1.33. The van der Waals surface area contributed by atoms with Gasteiger partial charge in [0.2, 0.25) is 5.91 Å². The molecule has 0 radical (unpaired) electrons. The highest BCUT2D eigenvalue weighted by atomic mass is 79.9. The Bertz CT molecular complexity index is 297. The summed E-state index contributed by atoms with van der Waals surface area (Å²) in [5, 5.41) is 2.72. The number of amides is 1. The number of rotatable bonds is 4. The first-order valence-electron chi connectivity index (χ1n) is 4.43. The molecule has 0 aliphatic rings. The lowest BCUT2D eigenvalue weighted by Gasteiger charge is -2.03. The van der Waals surface area contributed by atoms with Gasteiger partial charge in [0.05, 0.1) is 6.42 Å². The lowest BCUT2D eigenvalue weighted by Crippen LogP contribution is -2.30. The fourth-order valence-electron chi connectivity index (χ4n) is 1.06. The molecule has 3 N–H and O–H groups in total. The van der Waals surface area contributed by atoms with Gasteiger partial charge in [0.25, 0.3) is 0 Å². The Kier molecular flexibility index (Phi) is 4.62. The predicted octanol–water partition coefficient (Wildman–Crippen LogP) is 1.07. The van der Waals surface area contributed by atoms with Gasteiger partial charge in [-0.3, -0.25) is 4.79 Å². The van der Waals surface area contributed by atoms with Crippen molar-refractivity contribution in [3.05, 3.63) is 34.3 Å². The van der Waals surface area contributed by atoms with Crippen molar-refractivity contribution in [2.45, 2.75) is 6.42 Å². The van der Waals surface area contributed by atoms with Gasteiger partial charge in [-0.15, -0.1) is 0 Å². The van der Waals surface area contributed by atoms with Crippen molar-refractivity contribution in [3.8, 4) is 0 Å². The Balaban J connectivity index is 2.44. The maximum absolute atomic E-state index is 11.3. The van der Waals surface area contributed by atoms with Crippen molar-refractivity contribution in [2.24, 2.45) is 5.73 Å². The van der Waals surface area contributed by atoms with Gasteiger partial charge in [-0.25, -0.2) is 0 Å². The highest BCUT2D eigenvalue weighted by Crippen LogP contribution is 2.10. The zero-order valence-electron chi connectivity index (χ0n) is 7.79. The SMILES string of the molecule is NCCNC(=O)Cc1ccc(Br)cc1. The van der Waals surface area contributed by atoms with E-state index in [4.69, 9.17) is 5.73 Å². The van der Waals surface area contributed by atoms with E-state index < -0.39 is 0 Å². The third-order valence-corrected chi connectivity index (χ3v) is 2.27. The largest absolute Gasteiger partial charge is 0.355 e. The van der Waals surface area contributed by atoms with E-state index in [9.17, 15) is 4.79 Å². The van der Waals surface area contributed by atoms with Gasteiger partial charge in [0, 0.05) is 17.6 Å². The number of nitrogens with one attached hydrogen (secondary N) is 1. The molecule has 0 heterocycles. The molecule has 1 aromatic carbocycles. The topological polar surface area (TPSA) is 55.1 Å². The lowest BCUT2D eigenvalue weighted by atomic mass is 10.1. The highest BCUT2D eigenvalue weighted by molar-refractivity contribution is 9.10. The van der Waals surface area contributed by atoms with Crippen LogP contribution in [-0.2, 0) is 11.2 Å². The van der Waals surface area contributed by atoms with Crippen molar-refractivity contribution < 1.29 is 4.79 Å². The summed E-state index contributed by atoms with van der Waals surface area (Å²) < 4.78 is 1.02. The molecule has 14 heavy (non-hydrogen) atoms. The van der Waals surface area contributed by atoms with E-state index >= 15 is 0 Å². The fraction of sp³-hybridized carbons (Fsp3) is 0.300. The molecular weight excluding hydrogens is 244 g/mol. The first-order chi connectivity index (χ1) is 6.72. The monoisotopic (exact) mass is 256 g/mol. The quantitative estimate of drug-likeness (QED) is 0.847. The van der Waals surface area contributed by atoms with Crippen LogP contribution < -0.4 is 11.1 Å². The molecule has 0 bridgehead atoms. The van der Waals surface area contributed by atoms with E-state index in [1.54, 1.807) is 0 Å². The summed E-state index contributed by atoms with van der Waals surface area (Å²) in [7, 11) is 0. The first kappa shape index (κ1) is 11.2. The molecule has 0 aromatic heterocycles. The lowest BCUT2D eigenvalue weighted by molar-refractivity contribution is -0.120. The first-order valence-corrected chi connectivity index (χ1v) is 5.23. The minimum absolute atomic E-state index is 0.0118. The van der Waals surface area contributed by atoms with Crippen molar-refractivity contribution in [2.75, 3.05) is 13.1 Å². The molecule has 4 heteroatoms. The second-order valence-electron chi connectivity index (χ2n) is 2.94. The van der Waals surface area contributed by atoms with Gasteiger partial charge in [-0.1, -0.05) is 28.1 Å². The van der Waals surface area contributed by atoms with Gasteiger partial charge < -0.3 is 11.1 Å². The van der Waals surface area contributed by atoms with Gasteiger partial charge in [0.15, 0.2) is 0 Å². The van der Waals surface area contributed by atoms with Gasteiger partial charge in [-0.05, 0) is 17.7 Å². The van der Waals surface area contributed by atoms with Crippen LogP contribution in [0.15, 0.2) is 28.7 Å². The minimum Gasteiger partial charge on any atom is -0.355 e. The summed E-state index contributed by atoms with van der Waals surface area (Å²) in [6.45, 7) is 1.02. The summed E-state index contributed by atoms with van der Waals surface area (Å²) >= 11 is 3.34. The Morgan fingerprint density at radius 1 is 1.36 bits per heavy atom. The summed E-state index contributed by atoms with van der Waals surface area (Å²) in [5.74, 6) is 0.0118. The van der Waals surface area contributed by atoms with Gasteiger partial charge in [0.1, 0.15) is 0 Å². The average molecular weight is 257 g/mol. The van der Waals surface area contributed by atoms with Crippen LogP contribution >= 0.6 is 15.9 Å². The number of halogens is 1. The van der Waals surface area contributed by atoms with E-state index in [-0.39, 0.29) is 5.91 Å². The second kappa shape index (κ2) is 5.78. The molecule has 0 saturated carbocycles. The van der Waals surface area contributed by atoms with E-state index in [2.05, 4.69) is 21.2 Å². The minimum atomic E-state index is 0.0118. The Labute approximate surface area is 91.8 Å². The molecule has 0 fully saturated rings. The van der Waals surface area contributed by atoms with Crippen LogP contribution in [0, 0.1) is 0 Å². The number of carbonyl (C=O) groups excluding carboxylic acids is 1. The molecule has 0 atom stereocenters. The third-order valence-electron chi connectivity index (χ3n) is 1.74. The molecule has 0 spiro atoms. The predicted molar refractivity (Wildman–Crippen MR) is 59.9 cm³/mol. The van der Waals surface area contributed by atoms with Crippen LogP contribution in [0.1, 0.15) is 5.56 Å².